The average Bonchev–Trinajstić information content (AvgIpc) is 2.64. The van der Waals surface area contributed by atoms with Crippen LogP contribution in [0.1, 0.15) is 104 Å². The fourth-order valence-electron chi connectivity index (χ4n) is 3.16. The number of carboxylic acid groups (broad SMARTS) is 1. The number of carbonyl (C=O) groups is 1. The summed E-state index contributed by atoms with van der Waals surface area (Å²) in [5, 5.41) is 11.0. The standard InChI is InChI=1S/C24H45NO2.Li/c1-3-5-7-9-11-13-15-17-19-21-25(23-24(26)27)22-20-18-16-14-12-10-8-6-4-2;/h7-10H,3-6,11-23H2,1-2H3,(H,26,27);/q;+1/p-1/b9-7+,10-8+;. The maximum Gasteiger partial charge on any atom is 1.00 e. The second-order valence-electron chi connectivity index (χ2n) is 7.57. The third-order valence-electron chi connectivity index (χ3n) is 4.79. The Morgan fingerprint density at radius 2 is 1.07 bits per heavy atom. The van der Waals surface area contributed by atoms with E-state index in [1.807, 2.05) is 0 Å². The summed E-state index contributed by atoms with van der Waals surface area (Å²) in [7, 11) is 0. The molecule has 0 saturated carbocycles. The van der Waals surface area contributed by atoms with Gasteiger partial charge in [-0.05, 0) is 64.5 Å². The molecule has 0 radical (unpaired) electrons. The SMILES string of the molecule is CCC/C=C/CCCCCCN(CCCCCC/C=C/CCC)CC(=O)[O-].[Li+]. The van der Waals surface area contributed by atoms with Gasteiger partial charge in [-0.3, -0.25) is 4.90 Å². The minimum absolute atomic E-state index is 0. The van der Waals surface area contributed by atoms with Crippen LogP contribution in [0.15, 0.2) is 24.3 Å². The van der Waals surface area contributed by atoms with Crippen molar-refractivity contribution in [1.29, 1.82) is 0 Å². The zero-order valence-electron chi connectivity index (χ0n) is 19.1. The summed E-state index contributed by atoms with van der Waals surface area (Å²) >= 11 is 0. The number of hydrogen-bond acceptors (Lipinski definition) is 3. The van der Waals surface area contributed by atoms with Gasteiger partial charge in [0.15, 0.2) is 0 Å². The normalized spacial score (nSPS) is 11.5. The fraction of sp³-hybridized carbons (Fsp3) is 0.792. The van der Waals surface area contributed by atoms with Crippen molar-refractivity contribution in [2.24, 2.45) is 0 Å². The van der Waals surface area contributed by atoms with Gasteiger partial charge in [0.2, 0.25) is 0 Å². The van der Waals surface area contributed by atoms with Crippen molar-refractivity contribution in [3.63, 3.8) is 0 Å². The van der Waals surface area contributed by atoms with E-state index in [1.54, 1.807) is 0 Å². The maximum atomic E-state index is 11.0. The Balaban J connectivity index is 0. The first-order valence-electron chi connectivity index (χ1n) is 11.4. The first kappa shape index (κ1) is 29.7. The minimum Gasteiger partial charge on any atom is -0.549 e. The van der Waals surface area contributed by atoms with E-state index >= 15 is 0 Å². The van der Waals surface area contributed by atoms with Crippen LogP contribution in [0.5, 0.6) is 0 Å². The quantitative estimate of drug-likeness (QED) is 0.184. The van der Waals surface area contributed by atoms with Gasteiger partial charge >= 0.3 is 18.9 Å². The van der Waals surface area contributed by atoms with Crippen LogP contribution in [-0.2, 0) is 4.79 Å². The van der Waals surface area contributed by atoms with Crippen LogP contribution in [0.3, 0.4) is 0 Å². The van der Waals surface area contributed by atoms with Crippen molar-refractivity contribution in [2.45, 2.75) is 104 Å². The molecule has 0 aromatic carbocycles. The Morgan fingerprint density at radius 1 is 0.679 bits per heavy atom. The maximum absolute atomic E-state index is 11.0. The predicted molar refractivity (Wildman–Crippen MR) is 116 cm³/mol. The molecule has 0 amide bonds. The Hall–Kier alpha value is -0.493. The first-order chi connectivity index (χ1) is 13.2. The number of nitrogens with zero attached hydrogens (tertiary/aromatic N) is 1. The number of aliphatic carboxylic acids is 1. The summed E-state index contributed by atoms with van der Waals surface area (Å²) in [4.78, 5) is 13.0. The van der Waals surface area contributed by atoms with Crippen LogP contribution in [0.4, 0.5) is 0 Å². The zero-order valence-corrected chi connectivity index (χ0v) is 19.1. The molecule has 0 aromatic heterocycles. The molecule has 158 valence electrons. The van der Waals surface area contributed by atoms with Crippen molar-refractivity contribution >= 4 is 5.97 Å². The molecule has 0 fully saturated rings. The summed E-state index contributed by atoms with van der Waals surface area (Å²) in [5.74, 6) is -0.947. The van der Waals surface area contributed by atoms with Crippen molar-refractivity contribution in [2.75, 3.05) is 19.6 Å². The molecule has 28 heavy (non-hydrogen) atoms. The Morgan fingerprint density at radius 3 is 1.46 bits per heavy atom. The summed E-state index contributed by atoms with van der Waals surface area (Å²) < 4.78 is 0. The van der Waals surface area contributed by atoms with Gasteiger partial charge in [-0.25, -0.2) is 0 Å². The smallest absolute Gasteiger partial charge is 0.549 e. The van der Waals surface area contributed by atoms with Crippen molar-refractivity contribution in [3.8, 4) is 0 Å². The molecule has 0 aliphatic rings. The topological polar surface area (TPSA) is 43.4 Å². The number of hydrogen-bond donors (Lipinski definition) is 0. The van der Waals surface area contributed by atoms with Gasteiger partial charge in [-0.15, -0.1) is 0 Å². The van der Waals surface area contributed by atoms with Gasteiger partial charge in [0.05, 0.1) is 5.97 Å². The molecule has 0 atom stereocenters. The summed E-state index contributed by atoms with van der Waals surface area (Å²) in [6.45, 7) is 6.27. The van der Waals surface area contributed by atoms with Crippen molar-refractivity contribution in [1.82, 2.24) is 4.90 Å². The van der Waals surface area contributed by atoms with E-state index in [4.69, 9.17) is 0 Å². The first-order valence-corrected chi connectivity index (χ1v) is 11.4. The van der Waals surface area contributed by atoms with E-state index in [1.165, 1.54) is 77.0 Å². The van der Waals surface area contributed by atoms with E-state index in [0.29, 0.717) is 0 Å². The molecule has 4 heteroatoms. The third kappa shape index (κ3) is 23.5. The van der Waals surface area contributed by atoms with Gasteiger partial charge in [0, 0.05) is 6.54 Å². The van der Waals surface area contributed by atoms with Crippen LogP contribution >= 0.6 is 0 Å². The van der Waals surface area contributed by atoms with E-state index in [2.05, 4.69) is 43.1 Å². The fourth-order valence-corrected chi connectivity index (χ4v) is 3.16. The van der Waals surface area contributed by atoms with Crippen LogP contribution in [0.25, 0.3) is 0 Å². The second-order valence-corrected chi connectivity index (χ2v) is 7.57. The second kappa shape index (κ2) is 24.5. The molecule has 3 nitrogen and oxygen atoms in total. The monoisotopic (exact) mass is 385 g/mol. The molecule has 0 N–H and O–H groups in total. The largest absolute Gasteiger partial charge is 1.00 e. The average molecular weight is 386 g/mol. The Kier molecular flexibility index (Phi) is 26.0. The predicted octanol–water partition coefficient (Wildman–Crippen LogP) is 2.66. The van der Waals surface area contributed by atoms with E-state index in [9.17, 15) is 9.90 Å². The molecule has 0 bridgehead atoms. The number of allylic oxidation sites excluding steroid dienone is 4. The van der Waals surface area contributed by atoms with Gasteiger partial charge in [0.1, 0.15) is 0 Å². The van der Waals surface area contributed by atoms with Gasteiger partial charge < -0.3 is 9.90 Å². The van der Waals surface area contributed by atoms with Crippen LogP contribution in [-0.4, -0.2) is 30.5 Å². The molecule has 0 rings (SSSR count). The molecular formula is C24H44LiNO2. The van der Waals surface area contributed by atoms with Crippen LogP contribution in [0, 0.1) is 0 Å². The third-order valence-corrected chi connectivity index (χ3v) is 4.79. The number of rotatable bonds is 20. The number of carboxylic acids is 1. The molecule has 0 spiro atoms. The summed E-state index contributed by atoms with van der Waals surface area (Å²) in [6, 6.07) is 0. The van der Waals surface area contributed by atoms with Gasteiger partial charge in [-0.2, -0.15) is 0 Å². The summed E-state index contributed by atoms with van der Waals surface area (Å²) in [6.07, 6.45) is 25.9. The Bertz CT molecular complexity index is 355. The zero-order chi connectivity index (χ0) is 20.0. The van der Waals surface area contributed by atoms with Crippen LogP contribution < -0.4 is 24.0 Å². The number of carbonyl (C=O) groups excluding carboxylic acids is 1. The van der Waals surface area contributed by atoms with Crippen molar-refractivity contribution < 1.29 is 28.8 Å². The molecule has 0 aromatic rings. The molecule has 0 heterocycles. The van der Waals surface area contributed by atoms with Crippen molar-refractivity contribution in [3.05, 3.63) is 24.3 Å². The van der Waals surface area contributed by atoms with E-state index in [0.717, 1.165) is 25.9 Å². The molecule has 0 unspecified atom stereocenters. The van der Waals surface area contributed by atoms with E-state index < -0.39 is 5.97 Å². The van der Waals surface area contributed by atoms with E-state index in [-0.39, 0.29) is 25.4 Å². The minimum atomic E-state index is -0.947. The molecule has 0 aliphatic heterocycles. The van der Waals surface area contributed by atoms with Crippen LogP contribution in [0.2, 0.25) is 0 Å². The molecular weight excluding hydrogens is 341 g/mol. The van der Waals surface area contributed by atoms with Gasteiger partial charge in [0.25, 0.3) is 0 Å². The number of unbranched alkanes of at least 4 members (excludes halogenated alkanes) is 10. The summed E-state index contributed by atoms with van der Waals surface area (Å²) in [5.41, 5.74) is 0. The Labute approximate surface area is 187 Å². The van der Waals surface area contributed by atoms with Gasteiger partial charge in [-0.1, -0.05) is 76.7 Å². The molecule has 0 aliphatic carbocycles. The molecule has 0 saturated heterocycles.